The number of halogens is 2. The number of carbonyl (C=O) groups excluding carboxylic acids is 1. The highest BCUT2D eigenvalue weighted by Gasteiger charge is 2.42. The molecule has 8 heteroatoms. The van der Waals surface area contributed by atoms with E-state index in [9.17, 15) is 9.90 Å². The third-order valence-corrected chi connectivity index (χ3v) is 5.71. The van der Waals surface area contributed by atoms with Crippen LogP contribution in [0.5, 0.6) is 0 Å². The predicted octanol–water partition coefficient (Wildman–Crippen LogP) is 1.72. The first kappa shape index (κ1) is 25.1. The molecule has 2 aliphatic rings. The zero-order chi connectivity index (χ0) is 18.4. The van der Waals surface area contributed by atoms with E-state index in [0.717, 1.165) is 57.7 Å². The normalized spacial score (nSPS) is 20.6. The third-order valence-electron chi connectivity index (χ3n) is 5.71. The maximum absolute atomic E-state index is 13.2. The maximum atomic E-state index is 13.2. The monoisotopic (exact) mass is 433 g/mol. The number of nitrogens with zero attached hydrogens (tertiary/aromatic N) is 2. The molecule has 0 aromatic heterocycles. The van der Waals surface area contributed by atoms with Gasteiger partial charge in [-0.15, -0.1) is 24.8 Å². The summed E-state index contributed by atoms with van der Waals surface area (Å²) in [5.41, 5.74) is 0.575. The topological polar surface area (TPSA) is 65.0 Å². The fourth-order valence-electron chi connectivity index (χ4n) is 4.10. The summed E-state index contributed by atoms with van der Waals surface area (Å²) in [4.78, 5) is 17.4. The molecule has 0 radical (unpaired) electrons. The molecule has 0 aliphatic carbocycles. The van der Waals surface area contributed by atoms with Crippen LogP contribution >= 0.6 is 24.8 Å². The average molecular weight is 434 g/mol. The smallest absolute Gasteiger partial charge is 0.231 e. The third kappa shape index (κ3) is 6.05. The minimum atomic E-state index is -0.484. The fraction of sp³-hybridized carbons (Fsp3) is 0.650. The highest BCUT2D eigenvalue weighted by atomic mass is 35.5. The highest BCUT2D eigenvalue weighted by Crippen LogP contribution is 2.32. The largest absolute Gasteiger partial charge is 0.387 e. The van der Waals surface area contributed by atoms with Crippen LogP contribution in [-0.4, -0.2) is 80.3 Å². The lowest BCUT2D eigenvalue weighted by atomic mass is 9.78. The molecule has 1 unspecified atom stereocenters. The van der Waals surface area contributed by atoms with Crippen molar-refractivity contribution in [1.82, 2.24) is 15.1 Å². The highest BCUT2D eigenvalue weighted by molar-refractivity contribution is 5.85. The van der Waals surface area contributed by atoms with Gasteiger partial charge in [0.1, 0.15) is 0 Å². The summed E-state index contributed by atoms with van der Waals surface area (Å²) in [5, 5.41) is 13.8. The Labute approximate surface area is 180 Å². The predicted molar refractivity (Wildman–Crippen MR) is 115 cm³/mol. The van der Waals surface area contributed by atoms with E-state index < -0.39 is 6.10 Å². The minimum Gasteiger partial charge on any atom is -0.387 e. The molecule has 2 fully saturated rings. The van der Waals surface area contributed by atoms with Gasteiger partial charge >= 0.3 is 0 Å². The number of β-amino-alcohol motifs (C(OH)–C–C–N with tert-alkyl or cyclic N) is 1. The molecule has 2 N–H and O–H groups in total. The number of rotatable bonds is 6. The Bertz CT molecular complexity index is 572. The molecular formula is C20H33Cl2N3O3. The maximum Gasteiger partial charge on any atom is 0.231 e. The summed E-state index contributed by atoms with van der Waals surface area (Å²) in [6, 6.07) is 9.76. The molecule has 2 aliphatic heterocycles. The van der Waals surface area contributed by atoms with E-state index in [0.29, 0.717) is 13.2 Å². The van der Waals surface area contributed by atoms with Crippen molar-refractivity contribution in [3.63, 3.8) is 0 Å². The molecule has 2 saturated heterocycles. The molecule has 0 bridgehead atoms. The number of methoxy groups -OCH3 is 1. The molecule has 160 valence electrons. The number of ether oxygens (including phenoxy) is 1. The van der Waals surface area contributed by atoms with Gasteiger partial charge in [0.15, 0.2) is 0 Å². The van der Waals surface area contributed by atoms with Crippen molar-refractivity contribution in [2.75, 3.05) is 59.5 Å². The average Bonchev–Trinajstić information content (AvgIpc) is 2.69. The zero-order valence-electron chi connectivity index (χ0n) is 16.5. The van der Waals surface area contributed by atoms with Crippen molar-refractivity contribution >= 4 is 30.7 Å². The molecule has 3 rings (SSSR count). The van der Waals surface area contributed by atoms with E-state index in [1.165, 1.54) is 0 Å². The number of piperazine rings is 1. The summed E-state index contributed by atoms with van der Waals surface area (Å²) < 4.78 is 5.40. The van der Waals surface area contributed by atoms with Gasteiger partial charge in [-0.25, -0.2) is 0 Å². The van der Waals surface area contributed by atoms with Crippen molar-refractivity contribution in [3.8, 4) is 0 Å². The Morgan fingerprint density at radius 3 is 2.32 bits per heavy atom. The van der Waals surface area contributed by atoms with Gasteiger partial charge in [-0.2, -0.15) is 0 Å². The Morgan fingerprint density at radius 1 is 1.14 bits per heavy atom. The van der Waals surface area contributed by atoms with Gasteiger partial charge in [-0.3, -0.25) is 9.69 Å². The number of aliphatic hydroxyl groups excluding tert-OH is 1. The number of aliphatic hydroxyl groups is 1. The molecule has 1 atom stereocenters. The van der Waals surface area contributed by atoms with Crippen LogP contribution in [-0.2, 0) is 9.53 Å². The van der Waals surface area contributed by atoms with E-state index in [2.05, 4.69) is 10.2 Å². The van der Waals surface area contributed by atoms with Crippen LogP contribution in [0.4, 0.5) is 0 Å². The summed E-state index contributed by atoms with van der Waals surface area (Å²) in [6.45, 7) is 5.91. The summed E-state index contributed by atoms with van der Waals surface area (Å²) >= 11 is 0. The second kappa shape index (κ2) is 12.0. The van der Waals surface area contributed by atoms with Crippen LogP contribution in [0, 0.1) is 5.41 Å². The lowest BCUT2D eigenvalue weighted by molar-refractivity contribution is -0.149. The standard InChI is InChI=1S/C20H31N3O3.2ClH/c1-26-16-20(7-9-21-10-8-20)19(25)23-13-11-22(12-14-23)15-18(24)17-5-3-2-4-6-17;;/h2-6,18,21,24H,7-16H2,1H3;2*1H. The molecule has 1 aromatic rings. The van der Waals surface area contributed by atoms with Gasteiger partial charge in [0.2, 0.25) is 5.91 Å². The number of hydrogen-bond acceptors (Lipinski definition) is 5. The molecule has 1 amide bonds. The lowest BCUT2D eigenvalue weighted by Gasteiger charge is -2.43. The zero-order valence-corrected chi connectivity index (χ0v) is 18.1. The van der Waals surface area contributed by atoms with Crippen LogP contribution in [0.2, 0.25) is 0 Å². The number of carbonyl (C=O) groups is 1. The Morgan fingerprint density at radius 2 is 1.75 bits per heavy atom. The van der Waals surface area contributed by atoms with Gasteiger partial charge in [0.05, 0.1) is 18.1 Å². The van der Waals surface area contributed by atoms with E-state index in [1.807, 2.05) is 35.2 Å². The SMILES string of the molecule is COCC1(C(=O)N2CCN(CC(O)c3ccccc3)CC2)CCNCC1.Cl.Cl. The Balaban J connectivity index is 0.00000196. The summed E-state index contributed by atoms with van der Waals surface area (Å²) in [5.74, 6) is 0.240. The van der Waals surface area contributed by atoms with E-state index >= 15 is 0 Å². The van der Waals surface area contributed by atoms with Crippen molar-refractivity contribution < 1.29 is 14.6 Å². The first-order chi connectivity index (χ1) is 12.6. The molecular weight excluding hydrogens is 401 g/mol. The Kier molecular flexibility index (Phi) is 10.7. The second-order valence-electron chi connectivity index (χ2n) is 7.48. The van der Waals surface area contributed by atoms with Crippen LogP contribution in [0.15, 0.2) is 30.3 Å². The summed E-state index contributed by atoms with van der Waals surface area (Å²) in [7, 11) is 1.68. The molecule has 0 spiro atoms. The second-order valence-corrected chi connectivity index (χ2v) is 7.48. The van der Waals surface area contributed by atoms with E-state index in [4.69, 9.17) is 4.74 Å². The quantitative estimate of drug-likeness (QED) is 0.714. The summed E-state index contributed by atoms with van der Waals surface area (Å²) in [6.07, 6.45) is 1.20. The lowest BCUT2D eigenvalue weighted by Crippen LogP contribution is -2.56. The number of piperidine rings is 1. The molecule has 1 aromatic carbocycles. The van der Waals surface area contributed by atoms with Crippen molar-refractivity contribution in [2.45, 2.75) is 18.9 Å². The van der Waals surface area contributed by atoms with Crippen LogP contribution < -0.4 is 5.32 Å². The van der Waals surface area contributed by atoms with Crippen LogP contribution in [0.3, 0.4) is 0 Å². The fourth-order valence-corrected chi connectivity index (χ4v) is 4.10. The molecule has 2 heterocycles. The van der Waals surface area contributed by atoms with Gasteiger partial charge in [-0.1, -0.05) is 30.3 Å². The van der Waals surface area contributed by atoms with Crippen LogP contribution in [0.1, 0.15) is 24.5 Å². The number of amides is 1. The number of nitrogens with one attached hydrogen (secondary N) is 1. The molecule has 28 heavy (non-hydrogen) atoms. The number of benzene rings is 1. The van der Waals surface area contributed by atoms with E-state index in [-0.39, 0.29) is 36.1 Å². The molecule has 6 nitrogen and oxygen atoms in total. The van der Waals surface area contributed by atoms with Gasteiger partial charge in [-0.05, 0) is 31.5 Å². The van der Waals surface area contributed by atoms with Crippen molar-refractivity contribution in [1.29, 1.82) is 0 Å². The molecule has 0 saturated carbocycles. The van der Waals surface area contributed by atoms with Gasteiger partial charge in [0, 0.05) is 39.8 Å². The van der Waals surface area contributed by atoms with Crippen molar-refractivity contribution in [2.24, 2.45) is 5.41 Å². The van der Waals surface area contributed by atoms with Crippen LogP contribution in [0.25, 0.3) is 0 Å². The van der Waals surface area contributed by atoms with E-state index in [1.54, 1.807) is 7.11 Å². The minimum absolute atomic E-state index is 0. The first-order valence-corrected chi connectivity index (χ1v) is 9.59. The number of hydrogen-bond donors (Lipinski definition) is 2. The van der Waals surface area contributed by atoms with Gasteiger partial charge in [0.25, 0.3) is 0 Å². The van der Waals surface area contributed by atoms with Gasteiger partial charge < -0.3 is 20.1 Å². The first-order valence-electron chi connectivity index (χ1n) is 9.59. The Hall–Kier alpha value is -0.890. The van der Waals surface area contributed by atoms with Crippen molar-refractivity contribution in [3.05, 3.63) is 35.9 Å².